The summed E-state index contributed by atoms with van der Waals surface area (Å²) in [5, 5.41) is 0. The molecular formula is C88H106F10. The van der Waals surface area contributed by atoms with Crippen molar-refractivity contribution in [1.82, 2.24) is 0 Å². The number of benzene rings is 7. The quantitative estimate of drug-likeness (QED) is 0.133. The highest BCUT2D eigenvalue weighted by molar-refractivity contribution is 5.68. The zero-order chi connectivity index (χ0) is 70.5. The minimum Gasteiger partial charge on any atom is -0.203 e. The Kier molecular flexibility index (Phi) is 27.3. The van der Waals surface area contributed by atoms with E-state index < -0.39 is 58.2 Å². The van der Waals surface area contributed by atoms with Crippen LogP contribution in [0.5, 0.6) is 0 Å². The zero-order valence-electron chi connectivity index (χ0n) is 59.9. The molecule has 0 spiro atoms. The van der Waals surface area contributed by atoms with E-state index in [0.717, 1.165) is 122 Å². The number of hydrogen-bond donors (Lipinski definition) is 0. The van der Waals surface area contributed by atoms with Crippen molar-refractivity contribution in [2.24, 2.45) is 47.3 Å². The molecule has 0 heterocycles. The molecule has 10 heteroatoms. The van der Waals surface area contributed by atoms with Gasteiger partial charge >= 0.3 is 0 Å². The second-order valence-corrected chi connectivity index (χ2v) is 30.7. The van der Waals surface area contributed by atoms with Gasteiger partial charge in [-0.3, -0.25) is 0 Å². The van der Waals surface area contributed by atoms with Crippen LogP contribution in [0, 0.1) is 147 Å². The summed E-state index contributed by atoms with van der Waals surface area (Å²) in [7, 11) is 0. The van der Waals surface area contributed by atoms with Gasteiger partial charge in [-0.2, -0.15) is 0 Å². The van der Waals surface area contributed by atoms with Crippen LogP contribution in [-0.2, 0) is 0 Å². The Morgan fingerprint density at radius 2 is 0.551 bits per heavy atom. The molecule has 1 atom stereocenters. The van der Waals surface area contributed by atoms with E-state index in [4.69, 9.17) is 0 Å². The summed E-state index contributed by atoms with van der Waals surface area (Å²) >= 11 is 0. The monoisotopic (exact) mass is 1350 g/mol. The van der Waals surface area contributed by atoms with Gasteiger partial charge in [0.05, 0.1) is 0 Å². The van der Waals surface area contributed by atoms with Gasteiger partial charge < -0.3 is 0 Å². The van der Waals surface area contributed by atoms with Crippen LogP contribution in [0.15, 0.2) is 115 Å². The van der Waals surface area contributed by atoms with Crippen molar-refractivity contribution >= 4 is 5.57 Å². The largest absolute Gasteiger partial charge is 0.203 e. The zero-order valence-corrected chi connectivity index (χ0v) is 59.9. The molecule has 5 fully saturated rings. The summed E-state index contributed by atoms with van der Waals surface area (Å²) in [6.07, 6.45) is 29.8. The van der Waals surface area contributed by atoms with Crippen LogP contribution in [0.4, 0.5) is 43.9 Å². The fraction of sp³-hybridized carbons (Fsp3) is 0.500. The lowest BCUT2D eigenvalue weighted by molar-refractivity contribution is 0.164. The lowest BCUT2D eigenvalue weighted by atomic mass is 9.68. The molecule has 98 heavy (non-hydrogen) atoms. The van der Waals surface area contributed by atoms with Crippen molar-refractivity contribution in [1.29, 1.82) is 0 Å². The van der Waals surface area contributed by atoms with Gasteiger partial charge in [0.15, 0.2) is 58.2 Å². The summed E-state index contributed by atoms with van der Waals surface area (Å²) in [6, 6.07) is 32.2. The second-order valence-electron chi connectivity index (χ2n) is 30.7. The smallest absolute Gasteiger partial charge is 0.166 e. The van der Waals surface area contributed by atoms with E-state index >= 15 is 0 Å². The van der Waals surface area contributed by atoms with E-state index in [2.05, 4.69) is 45.9 Å². The summed E-state index contributed by atoms with van der Waals surface area (Å²) < 4.78 is 138. The van der Waals surface area contributed by atoms with Gasteiger partial charge in [-0.05, 0) is 264 Å². The Morgan fingerprint density at radius 1 is 0.255 bits per heavy atom. The molecule has 528 valence electrons. The standard InChI is InChI=1S/C20H28F2.C20H26F2.C20H22F2.C14H18F2.C14H12F2/c3*1-13-3-6-15(7-4-13)16-8-10-17(11-9-16)18-12-5-14(2)19(21)20(18)22;2*1-9-3-6-11(7-4-9)12-8-5-10(2)13(15)14(12)16/h5,12-13,15-17H,3-4,6-11H2,1-2H3;5,10,12-13,15-16H,3-4,6-9,11H2,1-2H3;5,8-13,15H,3-4,6-7H2,1-2H3;5,8-9,11H,3-4,6-7H2,1-2H3;3-8H,1-2H3. The number of halogens is 10. The SMILES string of the molecule is Cc1ccc(-c2ccc(C)c(F)c2F)cc1.Cc1ccc(-c2ccc(C3CCC(C)CC3)cc2)c(F)c1F.Cc1ccc(C2=CCC(C3CCC(C)CC3)CC2)c(F)c1F.Cc1ccc(C2CCC(C)CC2)c(F)c1F.Cc1ccc(C2CCC(C3CCC(C)CC3)CC2)c(F)c1F. The Bertz CT molecular complexity index is 3750. The molecule has 0 N–H and O–H groups in total. The van der Waals surface area contributed by atoms with Crippen molar-refractivity contribution in [3.63, 3.8) is 0 Å². The molecule has 13 rings (SSSR count). The molecule has 6 aliphatic carbocycles. The van der Waals surface area contributed by atoms with Crippen LogP contribution >= 0.6 is 0 Å². The first-order valence-corrected chi connectivity index (χ1v) is 37.0. The van der Waals surface area contributed by atoms with Crippen molar-refractivity contribution in [3.8, 4) is 22.3 Å². The van der Waals surface area contributed by atoms with Crippen LogP contribution in [-0.4, -0.2) is 0 Å². The molecular weight excluding hydrogens is 1250 g/mol. The van der Waals surface area contributed by atoms with E-state index in [9.17, 15) is 43.9 Å². The predicted octanol–water partition coefficient (Wildman–Crippen LogP) is 27.7. The molecule has 7 aromatic rings. The van der Waals surface area contributed by atoms with E-state index in [1.54, 1.807) is 107 Å². The molecule has 0 aliphatic heterocycles. The van der Waals surface area contributed by atoms with Crippen LogP contribution in [0.1, 0.15) is 249 Å². The summed E-state index contributed by atoms with van der Waals surface area (Å²) in [5.41, 5.74) is 9.01. The second kappa shape index (κ2) is 35.3. The van der Waals surface area contributed by atoms with Gasteiger partial charge in [0.1, 0.15) is 0 Å². The van der Waals surface area contributed by atoms with Crippen LogP contribution < -0.4 is 0 Å². The van der Waals surface area contributed by atoms with Crippen LogP contribution in [0.2, 0.25) is 0 Å². The molecule has 0 bridgehead atoms. The molecule has 0 nitrogen and oxygen atoms in total. The summed E-state index contributed by atoms with van der Waals surface area (Å²) in [4.78, 5) is 0. The number of aryl methyl sites for hydroxylation is 6. The first kappa shape index (κ1) is 75.8. The highest BCUT2D eigenvalue weighted by atomic mass is 19.2. The van der Waals surface area contributed by atoms with Gasteiger partial charge in [-0.25, -0.2) is 43.9 Å². The summed E-state index contributed by atoms with van der Waals surface area (Å²) in [5.74, 6) is 0.739. The molecule has 7 aromatic carbocycles. The van der Waals surface area contributed by atoms with E-state index in [-0.39, 0.29) is 11.8 Å². The predicted molar refractivity (Wildman–Crippen MR) is 384 cm³/mol. The molecule has 0 amide bonds. The van der Waals surface area contributed by atoms with Crippen molar-refractivity contribution in [3.05, 3.63) is 229 Å². The van der Waals surface area contributed by atoms with Crippen LogP contribution in [0.3, 0.4) is 0 Å². The molecule has 6 aliphatic rings. The minimum atomic E-state index is -0.774. The number of hydrogen-bond acceptors (Lipinski definition) is 0. The third kappa shape index (κ3) is 19.4. The number of rotatable bonds is 8. The van der Waals surface area contributed by atoms with Crippen molar-refractivity contribution < 1.29 is 43.9 Å². The third-order valence-electron chi connectivity index (χ3n) is 23.4. The molecule has 1 unspecified atom stereocenters. The van der Waals surface area contributed by atoms with Gasteiger partial charge in [0.2, 0.25) is 0 Å². The lowest BCUT2D eigenvalue weighted by Gasteiger charge is -2.37. The number of allylic oxidation sites excluding steroid dienone is 2. The van der Waals surface area contributed by atoms with Crippen LogP contribution in [0.25, 0.3) is 27.8 Å². The topological polar surface area (TPSA) is 0 Å². The Labute approximate surface area is 580 Å². The maximum Gasteiger partial charge on any atom is 0.166 e. The third-order valence-corrected chi connectivity index (χ3v) is 23.4. The molecule has 0 saturated heterocycles. The van der Waals surface area contributed by atoms with Crippen molar-refractivity contribution in [2.75, 3.05) is 0 Å². The Morgan fingerprint density at radius 3 is 0.929 bits per heavy atom. The maximum atomic E-state index is 14.2. The fourth-order valence-corrected chi connectivity index (χ4v) is 16.4. The van der Waals surface area contributed by atoms with Gasteiger partial charge in [-0.15, -0.1) is 0 Å². The average Bonchev–Trinajstić information content (AvgIpc) is 0.846. The highest BCUT2D eigenvalue weighted by Crippen LogP contribution is 2.46. The van der Waals surface area contributed by atoms with E-state index in [1.165, 1.54) is 95.5 Å². The molecule has 0 radical (unpaired) electrons. The lowest BCUT2D eigenvalue weighted by Crippen LogP contribution is -2.25. The fourth-order valence-electron chi connectivity index (χ4n) is 16.4. The minimum absolute atomic E-state index is 0.214. The van der Waals surface area contributed by atoms with Gasteiger partial charge in [0.25, 0.3) is 0 Å². The summed E-state index contributed by atoms with van der Waals surface area (Å²) in [6.45, 7) is 19.2. The van der Waals surface area contributed by atoms with E-state index in [0.29, 0.717) is 67.1 Å². The average molecular weight is 1350 g/mol. The normalized spacial score (nSPS) is 24.8. The van der Waals surface area contributed by atoms with Crippen molar-refractivity contribution in [2.45, 2.75) is 235 Å². The molecule has 0 aromatic heterocycles. The van der Waals surface area contributed by atoms with Gasteiger partial charge in [0, 0.05) is 16.7 Å². The first-order chi connectivity index (χ1) is 46.9. The van der Waals surface area contributed by atoms with Gasteiger partial charge in [-0.1, -0.05) is 200 Å². The first-order valence-electron chi connectivity index (χ1n) is 37.0. The maximum absolute atomic E-state index is 14.2. The van der Waals surface area contributed by atoms with E-state index in [1.807, 2.05) is 31.2 Å². The Hall–Kier alpha value is -6.42. The Balaban J connectivity index is 0.000000144. The highest BCUT2D eigenvalue weighted by Gasteiger charge is 2.33. The molecule has 5 saturated carbocycles.